The zero-order valence-electron chi connectivity index (χ0n) is 14.3. The average Bonchev–Trinajstić information content (AvgIpc) is 2.55. The molecule has 0 aliphatic rings. The van der Waals surface area contributed by atoms with E-state index >= 15 is 0 Å². The Morgan fingerprint density at radius 1 is 0.690 bits per heavy atom. The predicted octanol–water partition coefficient (Wildman–Crippen LogP) is 5.89. The van der Waals surface area contributed by atoms with Gasteiger partial charge in [-0.1, -0.05) is 58.5 Å². The maximum atomic E-state index is 12.9. The van der Waals surface area contributed by atoms with E-state index in [0.717, 1.165) is 12.1 Å². The van der Waals surface area contributed by atoms with Crippen LogP contribution in [0.4, 0.5) is 0 Å². The first-order valence-electron chi connectivity index (χ1n) is 7.88. The molecule has 3 rings (SSSR count). The van der Waals surface area contributed by atoms with Crippen molar-refractivity contribution in [1.29, 1.82) is 0 Å². The maximum Gasteiger partial charge on any atom is 0.283 e. The second kappa shape index (κ2) is 7.87. The van der Waals surface area contributed by atoms with E-state index in [1.54, 1.807) is 0 Å². The molecule has 0 aromatic heterocycles. The minimum Gasteiger partial charge on any atom is -0.507 e. The molecule has 1 atom stereocenters. The fraction of sp³-hybridized carbons (Fsp3) is 0.0526. The Morgan fingerprint density at radius 3 is 1.66 bits per heavy atom. The summed E-state index contributed by atoms with van der Waals surface area (Å²) in [5, 5.41) is 21.4. The number of benzene rings is 3. The molecular weight excluding hydrogens is 482 g/mol. The van der Waals surface area contributed by atoms with Gasteiger partial charge in [-0.05, 0) is 53.6 Å². The van der Waals surface area contributed by atoms with Crippen molar-refractivity contribution in [3.05, 3.63) is 91.4 Å². The highest BCUT2D eigenvalue weighted by atomic mass is 35.5. The number of phenolic OH excluding ortho intramolecular Hbond substituents is 2. The largest absolute Gasteiger partial charge is 0.507 e. The van der Waals surface area contributed by atoms with Crippen molar-refractivity contribution in [2.24, 2.45) is 0 Å². The lowest BCUT2D eigenvalue weighted by Gasteiger charge is -2.33. The van der Waals surface area contributed by atoms with Gasteiger partial charge in [0.15, 0.2) is 4.75 Å². The maximum absolute atomic E-state index is 12.9. The summed E-state index contributed by atoms with van der Waals surface area (Å²) in [6, 6.07) is 11.5. The van der Waals surface area contributed by atoms with Crippen molar-refractivity contribution >= 4 is 56.5 Å². The second-order valence-corrected chi connectivity index (χ2v) is 9.45. The van der Waals surface area contributed by atoms with Crippen LogP contribution < -0.4 is 0 Å². The fourth-order valence-electron chi connectivity index (χ4n) is 3.29. The molecule has 0 heterocycles. The van der Waals surface area contributed by atoms with Crippen LogP contribution >= 0.6 is 46.4 Å². The van der Waals surface area contributed by atoms with Gasteiger partial charge in [0.25, 0.3) is 10.1 Å². The molecule has 0 aliphatic carbocycles. The quantitative estimate of drug-likeness (QED) is 0.311. The van der Waals surface area contributed by atoms with Crippen molar-refractivity contribution in [2.75, 3.05) is 0 Å². The highest BCUT2D eigenvalue weighted by Crippen LogP contribution is 2.52. The lowest BCUT2D eigenvalue weighted by atomic mass is 9.83. The molecule has 0 aliphatic heterocycles. The first kappa shape index (κ1) is 22.0. The van der Waals surface area contributed by atoms with Gasteiger partial charge in [0, 0.05) is 20.1 Å². The molecule has 0 saturated carbocycles. The molecule has 0 spiro atoms. The van der Waals surface area contributed by atoms with E-state index in [4.69, 9.17) is 46.4 Å². The number of hydrogen-bond donors (Lipinski definition) is 3. The van der Waals surface area contributed by atoms with Gasteiger partial charge in [0.1, 0.15) is 11.5 Å². The van der Waals surface area contributed by atoms with Crippen molar-refractivity contribution < 1.29 is 23.2 Å². The lowest BCUT2D eigenvalue weighted by molar-refractivity contribution is 0.416. The van der Waals surface area contributed by atoms with Crippen molar-refractivity contribution in [2.45, 2.75) is 4.75 Å². The normalized spacial score (nSPS) is 13.8. The predicted molar refractivity (Wildman–Crippen MR) is 114 cm³/mol. The fourth-order valence-corrected chi connectivity index (χ4v) is 5.52. The zero-order valence-corrected chi connectivity index (χ0v) is 18.1. The van der Waals surface area contributed by atoms with Crippen LogP contribution in [0, 0.1) is 0 Å². The van der Waals surface area contributed by atoms with Crippen LogP contribution in [0.15, 0.2) is 54.6 Å². The molecular formula is C19H12Cl4O5S. The SMILES string of the molecule is O=S(=O)(O)C(c1cccc(Cl)c1)(c1cc(Cl)cc(Cl)c1)c1c(O)cc(Cl)cc1O. The summed E-state index contributed by atoms with van der Waals surface area (Å²) in [5.74, 6) is -1.35. The molecule has 5 nitrogen and oxygen atoms in total. The van der Waals surface area contributed by atoms with Gasteiger partial charge in [-0.3, -0.25) is 4.55 Å². The number of phenols is 2. The van der Waals surface area contributed by atoms with E-state index in [1.165, 1.54) is 42.5 Å². The molecule has 0 amide bonds. The molecule has 0 radical (unpaired) electrons. The third-order valence-electron chi connectivity index (χ3n) is 4.30. The molecule has 0 fully saturated rings. The Balaban J connectivity index is 2.63. The standard InChI is InChI=1S/C19H12Cl4O5S/c20-12-3-1-2-10(4-12)19(29(26,27)28,11-5-13(21)7-14(22)6-11)18-16(24)8-15(23)9-17(18)25/h1-9,24-25H,(H,26,27,28). The van der Waals surface area contributed by atoms with Gasteiger partial charge in [0.05, 0.1) is 5.56 Å². The molecule has 0 bridgehead atoms. The van der Waals surface area contributed by atoms with Crippen LogP contribution in [-0.2, 0) is 14.9 Å². The Bertz CT molecular complexity index is 1170. The number of aromatic hydroxyl groups is 2. The summed E-state index contributed by atoms with van der Waals surface area (Å²) in [7, 11) is -5.13. The monoisotopic (exact) mass is 492 g/mol. The molecule has 152 valence electrons. The number of rotatable bonds is 4. The van der Waals surface area contributed by atoms with E-state index in [1.807, 2.05) is 0 Å². The van der Waals surface area contributed by atoms with Gasteiger partial charge in [-0.25, -0.2) is 0 Å². The molecule has 1 unspecified atom stereocenters. The molecule has 10 heteroatoms. The molecule has 3 aromatic rings. The highest BCUT2D eigenvalue weighted by molar-refractivity contribution is 7.87. The van der Waals surface area contributed by atoms with Crippen molar-refractivity contribution in [1.82, 2.24) is 0 Å². The topological polar surface area (TPSA) is 94.8 Å². The molecule has 3 N–H and O–H groups in total. The van der Waals surface area contributed by atoms with E-state index < -0.39 is 31.9 Å². The van der Waals surface area contributed by atoms with Gasteiger partial charge >= 0.3 is 0 Å². The Labute approximate surface area is 186 Å². The summed E-state index contributed by atoms with van der Waals surface area (Å²) in [5.41, 5.74) is -0.739. The summed E-state index contributed by atoms with van der Waals surface area (Å²) in [6.07, 6.45) is 0. The summed E-state index contributed by atoms with van der Waals surface area (Å²) >= 11 is 24.1. The van der Waals surface area contributed by atoms with E-state index in [-0.39, 0.29) is 31.2 Å². The third kappa shape index (κ3) is 3.89. The smallest absolute Gasteiger partial charge is 0.283 e. The zero-order chi connectivity index (χ0) is 21.6. The summed E-state index contributed by atoms with van der Waals surface area (Å²) in [4.78, 5) is 0. The van der Waals surface area contributed by atoms with E-state index in [2.05, 4.69) is 0 Å². The molecule has 29 heavy (non-hydrogen) atoms. The Hall–Kier alpha value is -1.67. The minimum atomic E-state index is -5.13. The van der Waals surface area contributed by atoms with Crippen molar-refractivity contribution in [3.63, 3.8) is 0 Å². The van der Waals surface area contributed by atoms with Gasteiger partial charge in [-0.15, -0.1) is 0 Å². The molecule has 0 saturated heterocycles. The summed E-state index contributed by atoms with van der Waals surface area (Å²) in [6.45, 7) is 0. The van der Waals surface area contributed by atoms with Gasteiger partial charge < -0.3 is 10.2 Å². The minimum absolute atomic E-state index is 0.0526. The van der Waals surface area contributed by atoms with E-state index in [9.17, 15) is 23.2 Å². The van der Waals surface area contributed by atoms with Crippen LogP contribution in [0.3, 0.4) is 0 Å². The molecule has 3 aromatic carbocycles. The third-order valence-corrected chi connectivity index (χ3v) is 6.64. The van der Waals surface area contributed by atoms with Crippen molar-refractivity contribution in [3.8, 4) is 11.5 Å². The Kier molecular flexibility index (Phi) is 5.98. The first-order chi connectivity index (χ1) is 13.5. The van der Waals surface area contributed by atoms with Crippen LogP contribution in [0.1, 0.15) is 16.7 Å². The first-order valence-corrected chi connectivity index (χ1v) is 10.8. The highest BCUT2D eigenvalue weighted by Gasteiger charge is 2.52. The number of halogens is 4. The van der Waals surface area contributed by atoms with Crippen LogP contribution in [-0.4, -0.2) is 23.2 Å². The summed E-state index contributed by atoms with van der Waals surface area (Å²) < 4.78 is 33.8. The average molecular weight is 494 g/mol. The van der Waals surface area contributed by atoms with Gasteiger partial charge in [0.2, 0.25) is 0 Å². The van der Waals surface area contributed by atoms with E-state index in [0.29, 0.717) is 0 Å². The number of hydrogen-bond acceptors (Lipinski definition) is 4. The van der Waals surface area contributed by atoms with Crippen LogP contribution in [0.25, 0.3) is 0 Å². The lowest BCUT2D eigenvalue weighted by Crippen LogP contribution is -2.38. The van der Waals surface area contributed by atoms with Gasteiger partial charge in [-0.2, -0.15) is 8.42 Å². The van der Waals surface area contributed by atoms with Crippen LogP contribution in [0.5, 0.6) is 11.5 Å². The Morgan fingerprint density at radius 2 is 1.17 bits per heavy atom. The van der Waals surface area contributed by atoms with Crippen LogP contribution in [0.2, 0.25) is 20.1 Å². The second-order valence-electron chi connectivity index (χ2n) is 6.14.